The van der Waals surface area contributed by atoms with E-state index in [4.69, 9.17) is 5.11 Å². The second-order valence-electron chi connectivity index (χ2n) is 5.25. The topological polar surface area (TPSA) is 68.0 Å². The predicted octanol–water partition coefficient (Wildman–Crippen LogP) is 2.47. The molecule has 0 aliphatic heterocycles. The Morgan fingerprint density at radius 3 is 2.80 bits per heavy atom. The van der Waals surface area contributed by atoms with Crippen LogP contribution in [0.25, 0.3) is 5.69 Å². The van der Waals surface area contributed by atoms with Crippen molar-refractivity contribution >= 4 is 5.97 Å². The summed E-state index contributed by atoms with van der Waals surface area (Å²) < 4.78 is 1.81. The Morgan fingerprint density at radius 2 is 2.15 bits per heavy atom. The molecule has 0 amide bonds. The highest BCUT2D eigenvalue weighted by Crippen LogP contribution is 2.38. The molecule has 2 aromatic rings. The number of aryl methyl sites for hydroxylation is 2. The first-order chi connectivity index (χ1) is 9.65. The lowest BCUT2D eigenvalue weighted by Crippen LogP contribution is -2.07. The molecule has 0 spiro atoms. The summed E-state index contributed by atoms with van der Waals surface area (Å²) in [4.78, 5) is 15.3. The summed E-state index contributed by atoms with van der Waals surface area (Å²) in [6.45, 7) is 2.02. The number of carbonyl (C=O) groups is 1. The van der Waals surface area contributed by atoms with E-state index in [9.17, 15) is 4.79 Å². The van der Waals surface area contributed by atoms with Crippen LogP contribution >= 0.6 is 0 Å². The van der Waals surface area contributed by atoms with Gasteiger partial charge in [-0.1, -0.05) is 18.2 Å². The second kappa shape index (κ2) is 5.07. The van der Waals surface area contributed by atoms with Gasteiger partial charge in [0.2, 0.25) is 0 Å². The van der Waals surface area contributed by atoms with Crippen LogP contribution in [-0.4, -0.2) is 25.8 Å². The van der Waals surface area contributed by atoms with E-state index in [0.717, 1.165) is 35.7 Å². The lowest BCUT2D eigenvalue weighted by Gasteiger charge is -2.07. The minimum Gasteiger partial charge on any atom is -0.481 e. The highest BCUT2D eigenvalue weighted by molar-refractivity contribution is 5.66. The number of aliphatic carboxylic acids is 1. The zero-order valence-corrected chi connectivity index (χ0v) is 11.4. The van der Waals surface area contributed by atoms with Crippen LogP contribution in [0.3, 0.4) is 0 Å². The number of rotatable bonds is 5. The molecule has 0 bridgehead atoms. The molecule has 0 unspecified atom stereocenters. The van der Waals surface area contributed by atoms with Crippen molar-refractivity contribution in [3.63, 3.8) is 0 Å². The Balaban J connectivity index is 1.99. The maximum absolute atomic E-state index is 10.8. The summed E-state index contributed by atoms with van der Waals surface area (Å²) in [6, 6.07) is 7.95. The molecule has 104 valence electrons. The van der Waals surface area contributed by atoms with Crippen molar-refractivity contribution in [3.8, 4) is 5.69 Å². The minimum atomic E-state index is -0.808. The van der Waals surface area contributed by atoms with Gasteiger partial charge in [-0.15, -0.1) is 0 Å². The van der Waals surface area contributed by atoms with Crippen LogP contribution in [0.1, 0.15) is 42.4 Å². The third-order valence-corrected chi connectivity index (χ3v) is 3.54. The van der Waals surface area contributed by atoms with Crippen LogP contribution in [0.5, 0.6) is 0 Å². The Bertz CT molecular complexity index is 644. The van der Waals surface area contributed by atoms with Crippen LogP contribution in [0.2, 0.25) is 0 Å². The Hall–Kier alpha value is -2.17. The first kappa shape index (κ1) is 12.8. The molecule has 20 heavy (non-hydrogen) atoms. The van der Waals surface area contributed by atoms with Gasteiger partial charge in [-0.25, -0.2) is 9.67 Å². The predicted molar refractivity (Wildman–Crippen MR) is 74.0 cm³/mol. The van der Waals surface area contributed by atoms with E-state index in [1.165, 1.54) is 0 Å². The summed E-state index contributed by atoms with van der Waals surface area (Å²) in [6.07, 6.45) is 2.75. The summed E-state index contributed by atoms with van der Waals surface area (Å²) >= 11 is 0. The average Bonchev–Trinajstić information content (AvgIpc) is 3.18. The maximum Gasteiger partial charge on any atom is 0.303 e. The van der Waals surface area contributed by atoms with Crippen molar-refractivity contribution in [1.82, 2.24) is 14.8 Å². The quantitative estimate of drug-likeness (QED) is 0.907. The van der Waals surface area contributed by atoms with Gasteiger partial charge in [0.15, 0.2) is 5.82 Å². The monoisotopic (exact) mass is 271 g/mol. The van der Waals surface area contributed by atoms with Gasteiger partial charge < -0.3 is 5.11 Å². The molecule has 1 saturated carbocycles. The van der Waals surface area contributed by atoms with E-state index in [1.807, 2.05) is 35.9 Å². The van der Waals surface area contributed by atoms with Crippen molar-refractivity contribution < 1.29 is 9.90 Å². The average molecular weight is 271 g/mol. The molecule has 0 saturated heterocycles. The van der Waals surface area contributed by atoms with Crippen molar-refractivity contribution in [2.24, 2.45) is 0 Å². The van der Waals surface area contributed by atoms with Crippen molar-refractivity contribution in [2.75, 3.05) is 0 Å². The summed E-state index contributed by atoms with van der Waals surface area (Å²) in [5.74, 6) is 1.25. The number of nitrogens with zero attached hydrogens (tertiary/aromatic N) is 3. The van der Waals surface area contributed by atoms with Gasteiger partial charge in [0.05, 0.1) is 12.1 Å². The van der Waals surface area contributed by atoms with Crippen molar-refractivity contribution in [3.05, 3.63) is 41.5 Å². The highest BCUT2D eigenvalue weighted by Gasteiger charge is 2.29. The van der Waals surface area contributed by atoms with E-state index in [0.29, 0.717) is 12.3 Å². The van der Waals surface area contributed by atoms with Gasteiger partial charge in [0.1, 0.15) is 5.82 Å². The molecule has 0 radical (unpaired) electrons. The van der Waals surface area contributed by atoms with E-state index >= 15 is 0 Å². The molecule has 5 heteroatoms. The molecular weight excluding hydrogens is 254 g/mol. The number of benzene rings is 1. The second-order valence-corrected chi connectivity index (χ2v) is 5.25. The van der Waals surface area contributed by atoms with Crippen LogP contribution in [-0.2, 0) is 11.2 Å². The summed E-state index contributed by atoms with van der Waals surface area (Å²) in [5, 5.41) is 13.5. The normalized spacial score (nSPS) is 14.4. The zero-order valence-electron chi connectivity index (χ0n) is 11.4. The number of carboxylic acid groups (broad SMARTS) is 1. The van der Waals surface area contributed by atoms with Crippen LogP contribution in [0.4, 0.5) is 0 Å². The molecule has 1 heterocycles. The molecule has 0 atom stereocenters. The molecule has 1 aliphatic carbocycles. The number of carboxylic acids is 1. The van der Waals surface area contributed by atoms with E-state index in [2.05, 4.69) is 10.1 Å². The van der Waals surface area contributed by atoms with Gasteiger partial charge in [-0.3, -0.25) is 4.79 Å². The Kier molecular flexibility index (Phi) is 3.26. The fraction of sp³-hybridized carbons (Fsp3) is 0.400. The van der Waals surface area contributed by atoms with Gasteiger partial charge in [0.25, 0.3) is 0 Å². The molecular formula is C15H17N3O2. The third-order valence-electron chi connectivity index (χ3n) is 3.54. The zero-order chi connectivity index (χ0) is 14.1. The molecule has 1 N–H and O–H groups in total. The standard InChI is InChI=1S/C15H17N3O2/c1-10-4-2-3-5-12(10)18-13(8-9-14(19)20)16-15(17-18)11-6-7-11/h2-5,11H,6-9H2,1H3,(H,19,20). The maximum atomic E-state index is 10.8. The minimum absolute atomic E-state index is 0.0781. The Labute approximate surface area is 117 Å². The van der Waals surface area contributed by atoms with Crippen molar-refractivity contribution in [1.29, 1.82) is 0 Å². The summed E-state index contributed by atoms with van der Waals surface area (Å²) in [7, 11) is 0. The van der Waals surface area contributed by atoms with Gasteiger partial charge in [-0.2, -0.15) is 5.10 Å². The molecule has 1 aromatic carbocycles. The van der Waals surface area contributed by atoms with Crippen LogP contribution in [0, 0.1) is 6.92 Å². The lowest BCUT2D eigenvalue weighted by atomic mass is 10.2. The SMILES string of the molecule is Cc1ccccc1-n1nc(C2CC2)nc1CCC(=O)O. The first-order valence-electron chi connectivity index (χ1n) is 6.89. The van der Waals surface area contributed by atoms with Gasteiger partial charge in [-0.05, 0) is 31.4 Å². The summed E-state index contributed by atoms with van der Waals surface area (Å²) in [5.41, 5.74) is 2.09. The fourth-order valence-electron chi connectivity index (χ4n) is 2.25. The molecule has 1 aromatic heterocycles. The number of para-hydroxylation sites is 1. The third kappa shape index (κ3) is 2.57. The number of aromatic nitrogens is 3. The largest absolute Gasteiger partial charge is 0.481 e. The fourth-order valence-corrected chi connectivity index (χ4v) is 2.25. The molecule has 1 fully saturated rings. The molecule has 3 rings (SSSR count). The lowest BCUT2D eigenvalue weighted by molar-refractivity contribution is -0.137. The number of hydrogen-bond acceptors (Lipinski definition) is 3. The van der Waals surface area contributed by atoms with Crippen molar-refractivity contribution in [2.45, 2.75) is 38.5 Å². The van der Waals surface area contributed by atoms with E-state index in [1.54, 1.807) is 0 Å². The van der Waals surface area contributed by atoms with E-state index < -0.39 is 5.97 Å². The molecule has 1 aliphatic rings. The highest BCUT2D eigenvalue weighted by atomic mass is 16.4. The van der Waals surface area contributed by atoms with Crippen LogP contribution < -0.4 is 0 Å². The first-order valence-corrected chi connectivity index (χ1v) is 6.89. The van der Waals surface area contributed by atoms with Gasteiger partial charge >= 0.3 is 5.97 Å². The Morgan fingerprint density at radius 1 is 1.40 bits per heavy atom. The molecule has 5 nitrogen and oxygen atoms in total. The number of hydrogen-bond donors (Lipinski definition) is 1. The van der Waals surface area contributed by atoms with Gasteiger partial charge in [0, 0.05) is 12.3 Å². The van der Waals surface area contributed by atoms with Crippen LogP contribution in [0.15, 0.2) is 24.3 Å². The van der Waals surface area contributed by atoms with E-state index in [-0.39, 0.29) is 6.42 Å². The smallest absolute Gasteiger partial charge is 0.303 e.